The number of carboxylic acid groups (broad SMARTS) is 1. The number of aromatic nitrogens is 1. The first-order chi connectivity index (χ1) is 6.61. The number of rotatable bonds is 4. The molecule has 0 aliphatic heterocycles. The van der Waals surface area contributed by atoms with Gasteiger partial charge in [-0.15, -0.1) is 0 Å². The van der Waals surface area contributed by atoms with Gasteiger partial charge in [-0.25, -0.2) is 0 Å². The topological polar surface area (TPSA) is 90.3 Å². The average Bonchev–Trinajstić information content (AvgIpc) is 2.19. The zero-order valence-corrected chi connectivity index (χ0v) is 11.3. The molecule has 0 saturated heterocycles. The predicted molar refractivity (Wildman–Crippen MR) is 44.2 cm³/mol. The van der Waals surface area contributed by atoms with E-state index >= 15 is 0 Å². The number of aliphatic carboxylic acids is 1. The molecule has 0 bridgehead atoms. The van der Waals surface area contributed by atoms with Crippen LogP contribution in [-0.2, 0) is 4.79 Å². The smallest absolute Gasteiger partial charge is 0.547 e. The van der Waals surface area contributed by atoms with Crippen LogP contribution in [0.1, 0.15) is 16.9 Å². The van der Waals surface area contributed by atoms with Crippen LogP contribution >= 0.6 is 0 Å². The summed E-state index contributed by atoms with van der Waals surface area (Å²) in [5.41, 5.74) is 0.132. The summed E-state index contributed by atoms with van der Waals surface area (Å²) in [6.07, 6.45) is -0.873. The summed E-state index contributed by atoms with van der Waals surface area (Å²) in [6, 6.07) is 4.68. The Morgan fingerprint density at radius 2 is 2.13 bits per heavy atom. The number of carbonyl (C=O) groups excluding carboxylic acids is 2. The predicted octanol–water partition coefficient (Wildman–Crippen LogP) is -4.23. The third-order valence-electron chi connectivity index (χ3n) is 1.60. The maximum absolute atomic E-state index is 11.2. The molecular weight excluding hydrogens is 225 g/mol. The number of hydrogen-bond donors (Lipinski definition) is 1. The number of pyridine rings is 1. The number of nitrogens with zero attached hydrogens (tertiary/aromatic N) is 1. The SMILES string of the molecule is O=C(CC(O)C(=O)[O-])c1ccccn1.[K+]. The van der Waals surface area contributed by atoms with Gasteiger partial charge in [0.05, 0.1) is 5.97 Å². The fourth-order valence-electron chi connectivity index (χ4n) is 0.891. The molecule has 0 aliphatic carbocycles. The van der Waals surface area contributed by atoms with E-state index in [9.17, 15) is 14.7 Å². The van der Waals surface area contributed by atoms with Crippen LogP contribution in [0.3, 0.4) is 0 Å². The summed E-state index contributed by atoms with van der Waals surface area (Å²) in [4.78, 5) is 25.1. The Kier molecular flexibility index (Phi) is 7.15. The Labute approximate surface area is 129 Å². The maximum Gasteiger partial charge on any atom is 1.00 e. The second kappa shape index (κ2) is 7.21. The Balaban J connectivity index is 0.00000196. The molecule has 74 valence electrons. The number of hydrogen-bond acceptors (Lipinski definition) is 5. The molecule has 0 aromatic carbocycles. The van der Waals surface area contributed by atoms with Gasteiger partial charge in [-0.2, -0.15) is 0 Å². The fraction of sp³-hybridized carbons (Fsp3) is 0.222. The molecular formula is C9H8KNO4. The van der Waals surface area contributed by atoms with Gasteiger partial charge in [0.2, 0.25) is 0 Å². The zero-order chi connectivity index (χ0) is 10.6. The minimum atomic E-state index is -1.77. The number of carbonyl (C=O) groups is 2. The van der Waals surface area contributed by atoms with Crippen molar-refractivity contribution in [2.75, 3.05) is 0 Å². The van der Waals surface area contributed by atoms with E-state index in [1.54, 1.807) is 12.1 Å². The van der Waals surface area contributed by atoms with Crippen LogP contribution in [0.25, 0.3) is 0 Å². The molecule has 1 unspecified atom stereocenters. The maximum atomic E-state index is 11.2. The van der Waals surface area contributed by atoms with Crippen LogP contribution in [0.5, 0.6) is 0 Å². The van der Waals surface area contributed by atoms with Crippen molar-refractivity contribution >= 4 is 11.8 Å². The molecule has 0 saturated carbocycles. The van der Waals surface area contributed by atoms with Gasteiger partial charge in [0.1, 0.15) is 11.8 Å². The quantitative estimate of drug-likeness (QED) is 0.420. The number of ketones is 1. The summed E-state index contributed by atoms with van der Waals surface area (Å²) in [5.74, 6) is -2.18. The number of carboxylic acids is 1. The number of aliphatic hydroxyl groups is 1. The van der Waals surface area contributed by atoms with Crippen LogP contribution < -0.4 is 56.5 Å². The first-order valence-electron chi connectivity index (χ1n) is 3.94. The van der Waals surface area contributed by atoms with Crippen LogP contribution in [0.4, 0.5) is 0 Å². The third kappa shape index (κ3) is 4.96. The fourth-order valence-corrected chi connectivity index (χ4v) is 0.891. The normalized spacial score (nSPS) is 11.3. The van der Waals surface area contributed by atoms with E-state index in [0.717, 1.165) is 0 Å². The second-order valence-electron chi connectivity index (χ2n) is 2.68. The van der Waals surface area contributed by atoms with Crippen molar-refractivity contribution in [3.05, 3.63) is 30.1 Å². The van der Waals surface area contributed by atoms with E-state index in [-0.39, 0.29) is 57.1 Å². The largest absolute Gasteiger partial charge is 1.00 e. The van der Waals surface area contributed by atoms with Gasteiger partial charge in [0.15, 0.2) is 5.78 Å². The van der Waals surface area contributed by atoms with Crippen molar-refractivity contribution in [3.63, 3.8) is 0 Å². The molecule has 0 spiro atoms. The van der Waals surface area contributed by atoms with E-state index in [2.05, 4.69) is 4.98 Å². The second-order valence-corrected chi connectivity index (χ2v) is 2.68. The number of aliphatic hydroxyl groups excluding tert-OH is 1. The van der Waals surface area contributed by atoms with Crippen molar-refractivity contribution in [1.82, 2.24) is 4.98 Å². The van der Waals surface area contributed by atoms with Gasteiger partial charge >= 0.3 is 51.4 Å². The summed E-state index contributed by atoms with van der Waals surface area (Å²) < 4.78 is 0. The van der Waals surface area contributed by atoms with Crippen molar-refractivity contribution in [2.45, 2.75) is 12.5 Å². The van der Waals surface area contributed by atoms with E-state index in [1.165, 1.54) is 12.3 Å². The molecule has 1 aromatic rings. The van der Waals surface area contributed by atoms with Crippen LogP contribution in [0.15, 0.2) is 24.4 Å². The van der Waals surface area contributed by atoms with Gasteiger partial charge in [0.25, 0.3) is 0 Å². The average molecular weight is 233 g/mol. The molecule has 0 aliphatic rings. The molecule has 0 radical (unpaired) electrons. The Bertz CT molecular complexity index is 341. The zero-order valence-electron chi connectivity index (χ0n) is 8.21. The molecule has 15 heavy (non-hydrogen) atoms. The van der Waals surface area contributed by atoms with E-state index in [1.807, 2.05) is 0 Å². The third-order valence-corrected chi connectivity index (χ3v) is 1.60. The first kappa shape index (κ1) is 14.9. The number of Topliss-reactive ketones (excluding diaryl/α,β-unsaturated/α-hetero) is 1. The molecule has 0 fully saturated rings. The Morgan fingerprint density at radius 3 is 2.60 bits per heavy atom. The summed E-state index contributed by atoms with van der Waals surface area (Å²) >= 11 is 0. The summed E-state index contributed by atoms with van der Waals surface area (Å²) in [5, 5.41) is 19.0. The molecule has 1 aromatic heterocycles. The van der Waals surface area contributed by atoms with E-state index in [4.69, 9.17) is 5.11 Å². The van der Waals surface area contributed by atoms with E-state index < -0.39 is 24.3 Å². The minimum absolute atomic E-state index is 0. The summed E-state index contributed by atoms with van der Waals surface area (Å²) in [7, 11) is 0. The van der Waals surface area contributed by atoms with Gasteiger partial charge in [-0.1, -0.05) is 6.07 Å². The van der Waals surface area contributed by atoms with Crippen molar-refractivity contribution in [2.24, 2.45) is 0 Å². The molecule has 1 rings (SSSR count). The minimum Gasteiger partial charge on any atom is -0.547 e. The van der Waals surface area contributed by atoms with Gasteiger partial charge < -0.3 is 15.0 Å². The monoisotopic (exact) mass is 233 g/mol. The molecule has 5 nitrogen and oxygen atoms in total. The Morgan fingerprint density at radius 1 is 1.47 bits per heavy atom. The van der Waals surface area contributed by atoms with Crippen molar-refractivity contribution in [3.8, 4) is 0 Å². The summed E-state index contributed by atoms with van der Waals surface area (Å²) in [6.45, 7) is 0. The van der Waals surface area contributed by atoms with Crippen molar-refractivity contribution in [1.29, 1.82) is 0 Å². The van der Waals surface area contributed by atoms with Crippen LogP contribution in [-0.4, -0.2) is 27.9 Å². The first-order valence-corrected chi connectivity index (χ1v) is 3.94. The molecule has 0 amide bonds. The van der Waals surface area contributed by atoms with E-state index in [0.29, 0.717) is 0 Å². The molecule has 1 atom stereocenters. The molecule has 1 N–H and O–H groups in total. The van der Waals surface area contributed by atoms with Crippen LogP contribution in [0.2, 0.25) is 0 Å². The standard InChI is InChI=1S/C9H9NO4.K/c11-7(5-8(12)9(13)14)6-3-1-2-4-10-6;/h1-4,8,12H,5H2,(H,13,14);/q;+1/p-1. The van der Waals surface area contributed by atoms with Gasteiger partial charge in [-0.3, -0.25) is 9.78 Å². The molecule has 1 heterocycles. The molecule has 6 heteroatoms. The Hall–Kier alpha value is -0.114. The van der Waals surface area contributed by atoms with Gasteiger partial charge in [0, 0.05) is 12.6 Å². The van der Waals surface area contributed by atoms with Crippen molar-refractivity contribution < 1.29 is 71.2 Å². The van der Waals surface area contributed by atoms with Crippen LogP contribution in [0, 0.1) is 0 Å². The van der Waals surface area contributed by atoms with Gasteiger partial charge in [-0.05, 0) is 12.1 Å².